The Morgan fingerprint density at radius 3 is 0.726 bits per heavy atom. The van der Waals surface area contributed by atoms with E-state index in [1.807, 2.05) is 109 Å². The molecular weight excluding hydrogens is 1190 g/mol. The summed E-state index contributed by atoms with van der Waals surface area (Å²) in [6.45, 7) is 6.57. The molecule has 0 saturated heterocycles. The summed E-state index contributed by atoms with van der Waals surface area (Å²) in [6, 6.07) is 76.3. The molecular formula is C88H75ClO6. The predicted octanol–water partition coefficient (Wildman–Crippen LogP) is 19.2. The lowest BCUT2D eigenvalue weighted by atomic mass is 10.0. The van der Waals surface area contributed by atoms with Crippen LogP contribution in [-0.2, 0) is 19.3 Å². The summed E-state index contributed by atoms with van der Waals surface area (Å²) in [5.41, 5.74) is 16.8. The van der Waals surface area contributed by atoms with Crippen molar-refractivity contribution in [1.29, 1.82) is 0 Å². The molecule has 0 aliphatic carbocycles. The lowest BCUT2D eigenvalue weighted by Crippen LogP contribution is -1.86. The summed E-state index contributed by atoms with van der Waals surface area (Å²) in [7, 11) is 1.63. The molecule has 0 radical (unpaired) electrons. The van der Waals surface area contributed by atoms with Gasteiger partial charge in [-0.3, -0.25) is 24.0 Å². The van der Waals surface area contributed by atoms with Crippen molar-refractivity contribution in [2.75, 3.05) is 7.11 Å². The SMILES string of the molecule is CCCCCCc1ccc(C#Cc2ccc(C=O)cc2)cc1.CCCCc1ccc(C#Cc2ccc(C=O)cc2)cc1.CCc1ccc(C#Cc2ccc(C=O)cc2)cc1.COc1ccc(C#Cc2ccc(C=O)cc2)cc1.O=Cc1ccc(C#Cc2ccc(Cl)cc2)cc1. The minimum atomic E-state index is 0.655. The van der Waals surface area contributed by atoms with Crippen LogP contribution in [-0.4, -0.2) is 38.5 Å². The normalized spacial score (nSPS) is 9.48. The van der Waals surface area contributed by atoms with Crippen LogP contribution in [0.25, 0.3) is 0 Å². The van der Waals surface area contributed by atoms with E-state index in [-0.39, 0.29) is 0 Å². The van der Waals surface area contributed by atoms with Gasteiger partial charge in [0.05, 0.1) is 7.11 Å². The van der Waals surface area contributed by atoms with Crippen LogP contribution in [0.2, 0.25) is 5.02 Å². The molecule has 7 heteroatoms. The maximum absolute atomic E-state index is 10.6. The molecule has 0 bridgehead atoms. The number of unbranched alkanes of at least 4 members (excludes halogenated alkanes) is 4. The molecule has 10 aromatic rings. The van der Waals surface area contributed by atoms with Crippen LogP contribution >= 0.6 is 11.6 Å². The Labute approximate surface area is 566 Å². The summed E-state index contributed by atoms with van der Waals surface area (Å²) in [5, 5.41) is 0.700. The smallest absolute Gasteiger partial charge is 0.150 e. The topological polar surface area (TPSA) is 94.6 Å². The van der Waals surface area contributed by atoms with Crippen molar-refractivity contribution in [3.8, 4) is 65.0 Å². The third-order valence-corrected chi connectivity index (χ3v) is 14.6. The fourth-order valence-electron chi connectivity index (χ4n) is 8.62. The average Bonchev–Trinajstić information content (AvgIpc) is 2.87. The zero-order chi connectivity index (χ0) is 67.5. The van der Waals surface area contributed by atoms with E-state index in [0.29, 0.717) is 32.8 Å². The Hall–Kier alpha value is -11.6. The van der Waals surface area contributed by atoms with E-state index in [2.05, 4.69) is 141 Å². The fourth-order valence-corrected chi connectivity index (χ4v) is 8.75. The molecule has 0 amide bonds. The van der Waals surface area contributed by atoms with Crippen molar-refractivity contribution in [2.45, 2.75) is 78.6 Å². The van der Waals surface area contributed by atoms with Crippen molar-refractivity contribution in [3.63, 3.8) is 0 Å². The van der Waals surface area contributed by atoms with Gasteiger partial charge in [0, 0.05) is 88.5 Å². The highest BCUT2D eigenvalue weighted by Crippen LogP contribution is 2.15. The lowest BCUT2D eigenvalue weighted by Gasteiger charge is -2.01. The first kappa shape index (κ1) is 72.5. The van der Waals surface area contributed by atoms with Crippen LogP contribution in [0.15, 0.2) is 243 Å². The van der Waals surface area contributed by atoms with Crippen molar-refractivity contribution >= 4 is 43.0 Å². The van der Waals surface area contributed by atoms with E-state index >= 15 is 0 Å². The Balaban J connectivity index is 0.000000188. The van der Waals surface area contributed by atoms with E-state index < -0.39 is 0 Å². The molecule has 0 fully saturated rings. The van der Waals surface area contributed by atoms with Gasteiger partial charge in [-0.15, -0.1) is 0 Å². The Morgan fingerprint density at radius 2 is 0.495 bits per heavy atom. The maximum Gasteiger partial charge on any atom is 0.150 e. The highest BCUT2D eigenvalue weighted by molar-refractivity contribution is 6.30. The summed E-state index contributed by atoms with van der Waals surface area (Å²) >= 11 is 5.78. The highest BCUT2D eigenvalue weighted by atomic mass is 35.5. The van der Waals surface area contributed by atoms with Gasteiger partial charge in [-0.05, 0) is 194 Å². The molecule has 0 aliphatic rings. The first-order valence-electron chi connectivity index (χ1n) is 31.6. The van der Waals surface area contributed by atoms with E-state index in [4.69, 9.17) is 16.3 Å². The standard InChI is InChI=1S/C21H22O.C19H18O.C17H14O.C16H12O2.C15H9ClO/c1-2-3-4-5-6-18-7-9-19(10-8-18)11-12-20-13-15-21(17-22)16-14-20;1-2-3-4-16-5-7-17(8-6-16)9-10-18-11-13-19(15-20)14-12-18;1-2-14-3-5-15(6-4-14)7-8-16-9-11-17(13-18)12-10-16;1-18-16-10-8-14(9-11-16)3-2-13-4-6-15(12-17)7-5-13;16-15-9-7-13(8-10-15)2-1-12-3-5-14(11-17)6-4-12/h7-10,13-17H,2-6H2,1H3;5-8,11-15H,2-4H2,1H3;3-6,9-13H,2H2,1H3;4-12H,1H3;3-11H. The number of carbonyl (C=O) groups excluding carboxylic acids is 5. The second-order valence-electron chi connectivity index (χ2n) is 21.5. The van der Waals surface area contributed by atoms with Crippen LogP contribution in [0.5, 0.6) is 5.75 Å². The summed E-state index contributed by atoms with van der Waals surface area (Å²) in [6.07, 6.45) is 15.1. The van der Waals surface area contributed by atoms with Crippen LogP contribution in [0.4, 0.5) is 0 Å². The Bertz CT molecular complexity index is 4210. The molecule has 0 spiro atoms. The molecule has 95 heavy (non-hydrogen) atoms. The second kappa shape index (κ2) is 42.5. The maximum atomic E-state index is 10.6. The number of aldehydes is 5. The Morgan fingerprint density at radius 1 is 0.274 bits per heavy atom. The third kappa shape index (κ3) is 28.2. The number of aryl methyl sites for hydroxylation is 3. The number of ether oxygens (including phenoxy) is 1. The van der Waals surface area contributed by atoms with Gasteiger partial charge in [0.15, 0.2) is 0 Å². The van der Waals surface area contributed by atoms with Gasteiger partial charge in [-0.2, -0.15) is 0 Å². The third-order valence-electron chi connectivity index (χ3n) is 14.3. The number of rotatable bonds is 15. The number of carbonyl (C=O) groups is 5. The molecule has 6 nitrogen and oxygen atoms in total. The molecule has 10 aromatic carbocycles. The molecule has 470 valence electrons. The molecule has 0 N–H and O–H groups in total. The van der Waals surface area contributed by atoms with Crippen LogP contribution in [0, 0.1) is 59.2 Å². The zero-order valence-electron chi connectivity index (χ0n) is 54.2. The van der Waals surface area contributed by atoms with Crippen molar-refractivity contribution in [3.05, 3.63) is 348 Å². The fraction of sp³-hybridized carbons (Fsp3) is 0.148. The molecule has 0 unspecified atom stereocenters. The van der Waals surface area contributed by atoms with Gasteiger partial charge in [0.25, 0.3) is 0 Å². The van der Waals surface area contributed by atoms with Crippen LogP contribution in [0.1, 0.15) is 183 Å². The summed E-state index contributed by atoms with van der Waals surface area (Å²) in [5.74, 6) is 31.7. The Kier molecular flexibility index (Phi) is 32.4. The van der Waals surface area contributed by atoms with Gasteiger partial charge in [-0.25, -0.2) is 0 Å². The predicted molar refractivity (Wildman–Crippen MR) is 389 cm³/mol. The number of methoxy groups -OCH3 is 1. The molecule has 0 aromatic heterocycles. The molecule has 10 rings (SSSR count). The van der Waals surface area contributed by atoms with Crippen LogP contribution in [0.3, 0.4) is 0 Å². The number of halogens is 1. The zero-order valence-corrected chi connectivity index (χ0v) is 54.9. The van der Waals surface area contributed by atoms with Gasteiger partial charge >= 0.3 is 0 Å². The molecule has 0 aliphatic heterocycles. The summed E-state index contributed by atoms with van der Waals surface area (Å²) < 4.78 is 5.08. The number of hydrogen-bond acceptors (Lipinski definition) is 6. The monoisotopic (exact) mass is 1260 g/mol. The van der Waals surface area contributed by atoms with Gasteiger partial charge < -0.3 is 4.74 Å². The highest BCUT2D eigenvalue weighted by Gasteiger charge is 1.99. The first-order chi connectivity index (χ1) is 46.5. The minimum Gasteiger partial charge on any atom is -0.497 e. The summed E-state index contributed by atoms with van der Waals surface area (Å²) in [4.78, 5) is 52.7. The van der Waals surface area contributed by atoms with E-state index in [1.54, 1.807) is 79.9 Å². The molecule has 0 saturated carbocycles. The number of hydrogen-bond donors (Lipinski definition) is 0. The van der Waals surface area contributed by atoms with Gasteiger partial charge in [-0.1, -0.05) is 214 Å². The second-order valence-corrected chi connectivity index (χ2v) is 22.0. The molecule has 0 heterocycles. The average molecular weight is 1260 g/mol. The van der Waals surface area contributed by atoms with Crippen molar-refractivity contribution < 1.29 is 28.7 Å². The first-order valence-corrected chi connectivity index (χ1v) is 31.9. The molecule has 0 atom stereocenters. The van der Waals surface area contributed by atoms with E-state index in [1.165, 1.54) is 55.2 Å². The van der Waals surface area contributed by atoms with Crippen molar-refractivity contribution in [1.82, 2.24) is 0 Å². The van der Waals surface area contributed by atoms with E-state index in [0.717, 1.165) is 112 Å². The van der Waals surface area contributed by atoms with Gasteiger partial charge in [0.1, 0.15) is 37.2 Å². The number of benzene rings is 10. The van der Waals surface area contributed by atoms with Gasteiger partial charge in [0.2, 0.25) is 0 Å². The van der Waals surface area contributed by atoms with Crippen molar-refractivity contribution in [2.24, 2.45) is 0 Å². The quantitative estimate of drug-likeness (QED) is 0.0577. The van der Waals surface area contributed by atoms with Crippen LogP contribution < -0.4 is 4.74 Å². The largest absolute Gasteiger partial charge is 0.497 e. The van der Waals surface area contributed by atoms with E-state index in [9.17, 15) is 24.0 Å². The minimum absolute atomic E-state index is 0.655. The lowest BCUT2D eigenvalue weighted by molar-refractivity contribution is 0.111.